The number of sulfonamides is 1. The van der Waals surface area contributed by atoms with Crippen molar-refractivity contribution in [3.05, 3.63) is 29.8 Å². The minimum Gasteiger partial charge on any atom is -0.355 e. The van der Waals surface area contributed by atoms with Gasteiger partial charge in [-0.1, -0.05) is 19.9 Å². The van der Waals surface area contributed by atoms with Crippen LogP contribution in [0.3, 0.4) is 0 Å². The van der Waals surface area contributed by atoms with Crippen molar-refractivity contribution in [3.8, 4) is 0 Å². The van der Waals surface area contributed by atoms with Crippen LogP contribution in [0.15, 0.2) is 29.2 Å². The van der Waals surface area contributed by atoms with Crippen molar-refractivity contribution in [2.45, 2.75) is 24.9 Å². The standard InChI is InChI=1S/C13H17F3N2O3S/c1-9(2)12(19)17-6-7-18-22(20,21)11-5-3-4-10(8-11)13(14,15)16/h3-5,8-9,18H,6-7H2,1-2H3,(H,17,19). The molecular weight excluding hydrogens is 321 g/mol. The number of hydrogen-bond acceptors (Lipinski definition) is 3. The molecule has 0 unspecified atom stereocenters. The highest BCUT2D eigenvalue weighted by molar-refractivity contribution is 7.89. The number of hydrogen-bond donors (Lipinski definition) is 2. The fourth-order valence-corrected chi connectivity index (χ4v) is 2.58. The number of nitrogens with one attached hydrogen (secondary N) is 2. The van der Waals surface area contributed by atoms with E-state index in [-0.39, 0.29) is 24.9 Å². The maximum atomic E-state index is 12.6. The zero-order chi connectivity index (χ0) is 17.0. The number of benzene rings is 1. The largest absolute Gasteiger partial charge is 0.416 e. The van der Waals surface area contributed by atoms with E-state index < -0.39 is 26.7 Å². The Morgan fingerprint density at radius 3 is 2.41 bits per heavy atom. The van der Waals surface area contributed by atoms with Gasteiger partial charge in [0.15, 0.2) is 0 Å². The monoisotopic (exact) mass is 338 g/mol. The second-order valence-electron chi connectivity index (χ2n) is 4.87. The van der Waals surface area contributed by atoms with Crippen LogP contribution in [-0.2, 0) is 21.0 Å². The normalized spacial score (nSPS) is 12.5. The lowest BCUT2D eigenvalue weighted by molar-refractivity contribution is -0.137. The summed E-state index contributed by atoms with van der Waals surface area (Å²) in [7, 11) is -4.06. The van der Waals surface area contributed by atoms with Gasteiger partial charge in [-0.15, -0.1) is 0 Å². The Balaban J connectivity index is 2.69. The Bertz CT molecular complexity index is 628. The maximum Gasteiger partial charge on any atom is 0.416 e. The van der Waals surface area contributed by atoms with Gasteiger partial charge in [-0.2, -0.15) is 13.2 Å². The number of carbonyl (C=O) groups excluding carboxylic acids is 1. The van der Waals surface area contributed by atoms with Crippen LogP contribution in [0.4, 0.5) is 13.2 Å². The smallest absolute Gasteiger partial charge is 0.355 e. The second kappa shape index (κ2) is 7.10. The van der Waals surface area contributed by atoms with Gasteiger partial charge in [0.1, 0.15) is 0 Å². The van der Waals surface area contributed by atoms with Crippen LogP contribution in [0.1, 0.15) is 19.4 Å². The van der Waals surface area contributed by atoms with Crippen LogP contribution in [0, 0.1) is 5.92 Å². The predicted molar refractivity (Wildman–Crippen MR) is 74.5 cm³/mol. The Morgan fingerprint density at radius 2 is 1.86 bits per heavy atom. The van der Waals surface area contributed by atoms with Crippen molar-refractivity contribution >= 4 is 15.9 Å². The minimum atomic E-state index is -4.61. The summed E-state index contributed by atoms with van der Waals surface area (Å²) in [6.45, 7) is 3.30. The third kappa shape index (κ3) is 5.30. The summed E-state index contributed by atoms with van der Waals surface area (Å²) in [6.07, 6.45) is -4.61. The molecular formula is C13H17F3N2O3S. The van der Waals surface area contributed by atoms with E-state index in [4.69, 9.17) is 0 Å². The number of amides is 1. The highest BCUT2D eigenvalue weighted by Gasteiger charge is 2.31. The number of alkyl halides is 3. The summed E-state index contributed by atoms with van der Waals surface area (Å²) in [5.74, 6) is -0.474. The average Bonchev–Trinajstić information content (AvgIpc) is 2.42. The zero-order valence-electron chi connectivity index (χ0n) is 12.1. The van der Waals surface area contributed by atoms with E-state index in [1.807, 2.05) is 0 Å². The molecule has 0 aromatic heterocycles. The summed E-state index contributed by atoms with van der Waals surface area (Å²) in [4.78, 5) is 10.8. The molecule has 5 nitrogen and oxygen atoms in total. The molecule has 0 atom stereocenters. The van der Waals surface area contributed by atoms with Crippen LogP contribution < -0.4 is 10.0 Å². The van der Waals surface area contributed by atoms with Gasteiger partial charge < -0.3 is 5.32 Å². The first-order valence-corrected chi connectivity index (χ1v) is 7.97. The fraction of sp³-hybridized carbons (Fsp3) is 0.462. The van der Waals surface area contributed by atoms with Crippen LogP contribution >= 0.6 is 0 Å². The van der Waals surface area contributed by atoms with Crippen molar-refractivity contribution in [1.29, 1.82) is 0 Å². The van der Waals surface area contributed by atoms with Crippen molar-refractivity contribution < 1.29 is 26.4 Å². The molecule has 1 aromatic rings. The molecule has 22 heavy (non-hydrogen) atoms. The summed E-state index contributed by atoms with van der Waals surface area (Å²) >= 11 is 0. The van der Waals surface area contributed by atoms with Gasteiger partial charge in [0.25, 0.3) is 0 Å². The molecule has 1 aromatic carbocycles. The zero-order valence-corrected chi connectivity index (χ0v) is 12.9. The molecule has 0 fully saturated rings. The SMILES string of the molecule is CC(C)C(=O)NCCNS(=O)(=O)c1cccc(C(F)(F)F)c1. The van der Waals surface area contributed by atoms with Gasteiger partial charge >= 0.3 is 6.18 Å². The van der Waals surface area contributed by atoms with Gasteiger partial charge in [0.05, 0.1) is 10.5 Å². The summed E-state index contributed by atoms with van der Waals surface area (Å²) < 4.78 is 63.6. The van der Waals surface area contributed by atoms with Crippen molar-refractivity contribution in [2.24, 2.45) is 5.92 Å². The van der Waals surface area contributed by atoms with E-state index >= 15 is 0 Å². The van der Waals surface area contributed by atoms with E-state index in [2.05, 4.69) is 10.0 Å². The maximum absolute atomic E-state index is 12.6. The molecule has 0 aliphatic rings. The first-order valence-electron chi connectivity index (χ1n) is 6.48. The third-order valence-corrected chi connectivity index (χ3v) is 4.17. The van der Waals surface area contributed by atoms with E-state index in [9.17, 15) is 26.4 Å². The first kappa shape index (κ1) is 18.4. The van der Waals surface area contributed by atoms with Gasteiger partial charge in [-0.3, -0.25) is 4.79 Å². The average molecular weight is 338 g/mol. The van der Waals surface area contributed by atoms with Gasteiger partial charge in [-0.05, 0) is 18.2 Å². The first-order chi connectivity index (χ1) is 10.0. The van der Waals surface area contributed by atoms with Crippen LogP contribution in [0.25, 0.3) is 0 Å². The minimum absolute atomic E-state index is 0.0508. The molecule has 124 valence electrons. The van der Waals surface area contributed by atoms with Crippen molar-refractivity contribution in [3.63, 3.8) is 0 Å². The molecule has 1 amide bonds. The van der Waals surface area contributed by atoms with Crippen LogP contribution in [0.5, 0.6) is 0 Å². The van der Waals surface area contributed by atoms with E-state index in [1.165, 1.54) is 0 Å². The Hall–Kier alpha value is -1.61. The molecule has 0 aliphatic carbocycles. The Labute approximate surface area is 127 Å². The Morgan fingerprint density at radius 1 is 1.23 bits per heavy atom. The number of halogens is 3. The van der Waals surface area contributed by atoms with Crippen molar-refractivity contribution in [1.82, 2.24) is 10.0 Å². The molecule has 9 heteroatoms. The predicted octanol–water partition coefficient (Wildman–Crippen LogP) is 1.76. The molecule has 0 bridgehead atoms. The highest BCUT2D eigenvalue weighted by Crippen LogP contribution is 2.30. The molecule has 1 rings (SSSR count). The van der Waals surface area contributed by atoms with E-state index in [0.29, 0.717) is 6.07 Å². The summed E-state index contributed by atoms with van der Waals surface area (Å²) in [6, 6.07) is 3.46. The Kier molecular flexibility index (Phi) is 5.95. The van der Waals surface area contributed by atoms with Gasteiger partial charge in [-0.25, -0.2) is 13.1 Å². The lowest BCUT2D eigenvalue weighted by atomic mass is 10.2. The lowest BCUT2D eigenvalue weighted by Crippen LogP contribution is -2.36. The quantitative estimate of drug-likeness (QED) is 0.776. The number of carbonyl (C=O) groups is 1. The van der Waals surface area contributed by atoms with Gasteiger partial charge in [0.2, 0.25) is 15.9 Å². The summed E-state index contributed by atoms with van der Waals surface area (Å²) in [5, 5.41) is 2.50. The van der Waals surface area contributed by atoms with Crippen molar-refractivity contribution in [2.75, 3.05) is 13.1 Å². The van der Waals surface area contributed by atoms with E-state index in [0.717, 1.165) is 18.2 Å². The third-order valence-electron chi connectivity index (χ3n) is 2.71. The lowest BCUT2D eigenvalue weighted by Gasteiger charge is -2.11. The molecule has 0 saturated heterocycles. The molecule has 2 N–H and O–H groups in total. The second-order valence-corrected chi connectivity index (χ2v) is 6.64. The fourth-order valence-electron chi connectivity index (χ4n) is 1.50. The van der Waals surface area contributed by atoms with Crippen LogP contribution in [-0.4, -0.2) is 27.4 Å². The van der Waals surface area contributed by atoms with E-state index in [1.54, 1.807) is 13.8 Å². The highest BCUT2D eigenvalue weighted by atomic mass is 32.2. The topological polar surface area (TPSA) is 75.3 Å². The molecule has 0 saturated carbocycles. The summed E-state index contributed by atoms with van der Waals surface area (Å²) in [5.41, 5.74) is -1.04. The molecule has 0 heterocycles. The molecule has 0 radical (unpaired) electrons. The number of rotatable bonds is 6. The molecule has 0 aliphatic heterocycles. The van der Waals surface area contributed by atoms with Crippen LogP contribution in [0.2, 0.25) is 0 Å². The van der Waals surface area contributed by atoms with Gasteiger partial charge in [0, 0.05) is 19.0 Å². The molecule has 0 spiro atoms.